The van der Waals surface area contributed by atoms with E-state index in [9.17, 15) is 9.90 Å². The molecule has 0 aliphatic carbocycles. The van der Waals surface area contributed by atoms with E-state index in [0.717, 1.165) is 37.1 Å². The third-order valence-electron chi connectivity index (χ3n) is 3.08. The van der Waals surface area contributed by atoms with Crippen molar-refractivity contribution in [2.45, 2.75) is 46.5 Å². The Morgan fingerprint density at radius 1 is 1.31 bits per heavy atom. The van der Waals surface area contributed by atoms with Crippen molar-refractivity contribution < 1.29 is 14.5 Å². The number of quaternary nitrogens is 1. The fourth-order valence-corrected chi connectivity index (χ4v) is 1.81. The minimum atomic E-state index is -0.936. The van der Waals surface area contributed by atoms with E-state index in [4.69, 9.17) is 0 Å². The highest BCUT2D eigenvalue weighted by Crippen LogP contribution is 2.30. The lowest BCUT2D eigenvalue weighted by Gasteiger charge is -2.21. The van der Waals surface area contributed by atoms with E-state index >= 15 is 0 Å². The second-order valence-corrected chi connectivity index (χ2v) is 4.20. The zero-order chi connectivity index (χ0) is 12.2. The lowest BCUT2D eigenvalue weighted by molar-refractivity contribution is -0.827. The summed E-state index contributed by atoms with van der Waals surface area (Å²) in [5.74, 6) is 0. The van der Waals surface area contributed by atoms with Gasteiger partial charge in [0, 0.05) is 18.6 Å². The summed E-state index contributed by atoms with van der Waals surface area (Å²) < 4.78 is -0.352. The second-order valence-electron chi connectivity index (χ2n) is 4.20. The van der Waals surface area contributed by atoms with E-state index in [1.807, 2.05) is 0 Å². The van der Waals surface area contributed by atoms with Crippen LogP contribution < -0.4 is 0 Å². The molecule has 16 heavy (non-hydrogen) atoms. The van der Waals surface area contributed by atoms with Gasteiger partial charge in [0.2, 0.25) is 0 Å². The van der Waals surface area contributed by atoms with E-state index in [1.165, 1.54) is 0 Å². The number of carboxylic acid groups (broad SMARTS) is 1. The number of amides is 1. The van der Waals surface area contributed by atoms with Crippen molar-refractivity contribution in [3.63, 3.8) is 0 Å². The molecule has 0 aromatic rings. The van der Waals surface area contributed by atoms with Gasteiger partial charge in [0.15, 0.2) is 5.70 Å². The minimum absolute atomic E-state index is 0.352. The molecular formula is C11H20N3O2+. The van der Waals surface area contributed by atoms with Gasteiger partial charge in [-0.1, -0.05) is 24.9 Å². The molecule has 0 spiro atoms. The van der Waals surface area contributed by atoms with Gasteiger partial charge in [0.1, 0.15) is 12.2 Å². The van der Waals surface area contributed by atoms with Crippen molar-refractivity contribution in [3.05, 3.63) is 11.4 Å². The van der Waals surface area contributed by atoms with Gasteiger partial charge in [-0.2, -0.15) is 4.79 Å². The predicted molar refractivity (Wildman–Crippen MR) is 60.5 cm³/mol. The average Bonchev–Trinajstić information content (AvgIpc) is 2.53. The Morgan fingerprint density at radius 3 is 2.44 bits per heavy atom. The van der Waals surface area contributed by atoms with E-state index in [2.05, 4.69) is 17.3 Å². The predicted octanol–water partition coefficient (Wildman–Crippen LogP) is 3.69. The third kappa shape index (κ3) is 2.29. The van der Waals surface area contributed by atoms with E-state index < -0.39 is 6.09 Å². The van der Waals surface area contributed by atoms with Crippen molar-refractivity contribution in [1.82, 2.24) is 0 Å². The summed E-state index contributed by atoms with van der Waals surface area (Å²) in [4.78, 5) is 11.3. The Labute approximate surface area is 96.0 Å². The van der Waals surface area contributed by atoms with Gasteiger partial charge in [-0.05, 0) is 17.9 Å². The van der Waals surface area contributed by atoms with Crippen LogP contribution >= 0.6 is 0 Å². The zero-order valence-corrected chi connectivity index (χ0v) is 10.2. The summed E-state index contributed by atoms with van der Waals surface area (Å²) in [5.41, 5.74) is 1.45. The molecule has 1 aliphatic rings. The van der Waals surface area contributed by atoms with Crippen molar-refractivity contribution >= 4 is 6.09 Å². The summed E-state index contributed by atoms with van der Waals surface area (Å²) >= 11 is 0. The van der Waals surface area contributed by atoms with Gasteiger partial charge in [-0.25, -0.2) is 0 Å². The van der Waals surface area contributed by atoms with Gasteiger partial charge in [-0.3, -0.25) is 0 Å². The fourth-order valence-electron chi connectivity index (χ4n) is 1.81. The molecule has 1 unspecified atom stereocenters. The summed E-state index contributed by atoms with van der Waals surface area (Å²) in [6, 6.07) is 0. The van der Waals surface area contributed by atoms with Gasteiger partial charge in [0.25, 0.3) is 0 Å². The maximum atomic E-state index is 11.3. The number of rotatable bonds is 5. The molecule has 0 aromatic heterocycles. The Hall–Kier alpha value is -1.23. The summed E-state index contributed by atoms with van der Waals surface area (Å²) in [7, 11) is 0. The first-order valence-corrected chi connectivity index (χ1v) is 5.77. The molecule has 1 heterocycles. The largest absolute Gasteiger partial charge is 0.547 e. The van der Waals surface area contributed by atoms with Gasteiger partial charge < -0.3 is 5.11 Å². The molecule has 90 valence electrons. The summed E-state index contributed by atoms with van der Waals surface area (Å²) in [6.45, 7) is 6.23. The van der Waals surface area contributed by atoms with Crippen LogP contribution in [-0.2, 0) is 0 Å². The summed E-state index contributed by atoms with van der Waals surface area (Å²) in [6.07, 6.45) is 3.26. The maximum Gasteiger partial charge on any atom is 0.547 e. The molecule has 1 amide bonds. The molecule has 1 aliphatic heterocycles. The number of nitrogens with zero attached hydrogens (tertiary/aromatic N) is 3. The highest BCUT2D eigenvalue weighted by Gasteiger charge is 2.45. The molecule has 0 saturated carbocycles. The smallest absolute Gasteiger partial charge is 0.433 e. The van der Waals surface area contributed by atoms with Crippen LogP contribution in [-0.4, -0.2) is 22.3 Å². The Morgan fingerprint density at radius 2 is 2.00 bits per heavy atom. The van der Waals surface area contributed by atoms with Crippen LogP contribution in [0.3, 0.4) is 0 Å². The topological polar surface area (TPSA) is 62.0 Å². The Kier molecular flexibility index (Phi) is 4.18. The van der Waals surface area contributed by atoms with Crippen molar-refractivity contribution in [1.29, 1.82) is 0 Å². The second kappa shape index (κ2) is 5.21. The van der Waals surface area contributed by atoms with Crippen LogP contribution in [0.15, 0.2) is 21.7 Å². The molecule has 1 atom stereocenters. The van der Waals surface area contributed by atoms with Gasteiger partial charge in [0.05, 0.1) is 0 Å². The minimum Gasteiger partial charge on any atom is -0.433 e. The van der Waals surface area contributed by atoms with Crippen LogP contribution in [0.5, 0.6) is 0 Å². The normalized spacial score (nSPS) is 24.2. The third-order valence-corrected chi connectivity index (χ3v) is 3.08. The van der Waals surface area contributed by atoms with Crippen molar-refractivity contribution in [3.8, 4) is 0 Å². The van der Waals surface area contributed by atoms with E-state index in [1.54, 1.807) is 13.8 Å². The Bertz CT molecular complexity index is 336. The number of hydrogen-bond donors (Lipinski definition) is 1. The molecule has 0 radical (unpaired) electrons. The highest BCUT2D eigenvalue weighted by molar-refractivity contribution is 5.58. The van der Waals surface area contributed by atoms with Gasteiger partial charge >= 0.3 is 6.09 Å². The first-order valence-electron chi connectivity index (χ1n) is 5.77. The zero-order valence-electron chi connectivity index (χ0n) is 10.2. The van der Waals surface area contributed by atoms with Crippen molar-refractivity contribution in [2.75, 3.05) is 6.54 Å². The number of allylic oxidation sites excluding steroid dienone is 2. The van der Waals surface area contributed by atoms with E-state index in [0.29, 0.717) is 6.54 Å². The van der Waals surface area contributed by atoms with Gasteiger partial charge in [-0.15, -0.1) is 0 Å². The van der Waals surface area contributed by atoms with Crippen LogP contribution in [0, 0.1) is 0 Å². The molecule has 0 aromatic carbocycles. The molecule has 0 saturated heterocycles. The number of carbonyl (C=O) groups is 1. The lowest BCUT2D eigenvalue weighted by atomic mass is 10.2. The molecule has 1 N–H and O–H groups in total. The van der Waals surface area contributed by atoms with Crippen LogP contribution in [0.2, 0.25) is 0 Å². The summed E-state index contributed by atoms with van der Waals surface area (Å²) in [5, 5.41) is 17.1. The highest BCUT2D eigenvalue weighted by atomic mass is 16.4. The number of unbranched alkanes of at least 4 members (excludes halogenated alkanes) is 3. The fraction of sp³-hybridized carbons (Fsp3) is 0.727. The van der Waals surface area contributed by atoms with Crippen molar-refractivity contribution in [2.24, 2.45) is 10.3 Å². The van der Waals surface area contributed by atoms with Crippen LogP contribution in [0.1, 0.15) is 46.5 Å². The number of hydrogen-bond acceptors (Lipinski definition) is 3. The SMILES string of the molecule is CCCCCC[N+]1(C(=O)O)N=NC(C)=C1C. The first-order chi connectivity index (χ1) is 7.54. The first kappa shape index (κ1) is 12.8. The maximum absolute atomic E-state index is 11.3. The molecule has 5 nitrogen and oxygen atoms in total. The molecule has 1 rings (SSSR count). The van der Waals surface area contributed by atoms with E-state index in [-0.39, 0.29) is 4.59 Å². The standard InChI is InChI=1S/C11H19N3O2/c1-4-5-6-7-8-14(11(15)16)10(3)9(2)12-13-14/h4-8H2,1-3H3/p+1. The molecule has 5 heteroatoms. The lowest BCUT2D eigenvalue weighted by Crippen LogP contribution is -2.44. The monoisotopic (exact) mass is 226 g/mol. The quantitative estimate of drug-likeness (QED) is 0.574. The van der Waals surface area contributed by atoms with Crippen LogP contribution in [0.25, 0.3) is 0 Å². The van der Waals surface area contributed by atoms with Crippen LogP contribution in [0.4, 0.5) is 4.79 Å². The Balaban J connectivity index is 2.70. The molecular weight excluding hydrogens is 206 g/mol. The average molecular weight is 226 g/mol. The molecule has 0 fully saturated rings. The molecule has 0 bridgehead atoms.